The minimum Gasteiger partial charge on any atom is -0.490 e. The molecular formula is C14H21NO. The van der Waals surface area contributed by atoms with E-state index in [1.54, 1.807) is 0 Å². The van der Waals surface area contributed by atoms with Gasteiger partial charge in [0, 0.05) is 0 Å². The van der Waals surface area contributed by atoms with Crippen molar-refractivity contribution in [2.75, 3.05) is 6.54 Å². The van der Waals surface area contributed by atoms with E-state index >= 15 is 0 Å². The molecule has 0 aromatic heterocycles. The number of rotatable bonds is 2. The third-order valence-electron chi connectivity index (χ3n) is 3.36. The highest BCUT2D eigenvalue weighted by molar-refractivity contribution is 5.47. The Morgan fingerprint density at radius 2 is 2.25 bits per heavy atom. The summed E-state index contributed by atoms with van der Waals surface area (Å²) >= 11 is 0. The van der Waals surface area contributed by atoms with E-state index in [-0.39, 0.29) is 0 Å². The van der Waals surface area contributed by atoms with E-state index in [1.165, 1.54) is 16.7 Å². The molecule has 0 saturated heterocycles. The van der Waals surface area contributed by atoms with Gasteiger partial charge in [-0.05, 0) is 50.3 Å². The summed E-state index contributed by atoms with van der Waals surface area (Å²) in [4.78, 5) is 0. The van der Waals surface area contributed by atoms with Gasteiger partial charge in [0.2, 0.25) is 0 Å². The average Bonchev–Trinajstić information content (AvgIpc) is 2.27. The van der Waals surface area contributed by atoms with Gasteiger partial charge in [0.25, 0.3) is 0 Å². The number of hydrogen-bond donors (Lipinski definition) is 1. The second-order valence-corrected chi connectivity index (χ2v) is 4.95. The molecule has 2 rings (SSSR count). The van der Waals surface area contributed by atoms with Crippen molar-refractivity contribution in [1.29, 1.82) is 0 Å². The Morgan fingerprint density at radius 3 is 2.94 bits per heavy atom. The molecule has 0 saturated carbocycles. The Balaban J connectivity index is 2.47. The predicted octanol–water partition coefficient (Wildman–Crippen LogP) is 2.77. The van der Waals surface area contributed by atoms with Crippen LogP contribution in [0.1, 0.15) is 42.9 Å². The first kappa shape index (κ1) is 11.5. The number of aryl methyl sites for hydroxylation is 2. The van der Waals surface area contributed by atoms with Gasteiger partial charge in [-0.25, -0.2) is 0 Å². The smallest absolute Gasteiger partial charge is 0.126 e. The molecule has 0 aliphatic carbocycles. The molecule has 1 aliphatic rings. The van der Waals surface area contributed by atoms with Crippen molar-refractivity contribution in [2.24, 2.45) is 5.73 Å². The van der Waals surface area contributed by atoms with Crippen molar-refractivity contribution < 1.29 is 4.74 Å². The Kier molecular flexibility index (Phi) is 3.20. The van der Waals surface area contributed by atoms with E-state index in [0.29, 0.717) is 18.6 Å². The molecule has 0 radical (unpaired) electrons. The molecule has 2 unspecified atom stereocenters. The van der Waals surface area contributed by atoms with Crippen LogP contribution >= 0.6 is 0 Å². The van der Waals surface area contributed by atoms with Crippen molar-refractivity contribution in [3.63, 3.8) is 0 Å². The third-order valence-corrected chi connectivity index (χ3v) is 3.36. The Bertz CT molecular complexity index is 387. The van der Waals surface area contributed by atoms with Gasteiger partial charge in [-0.15, -0.1) is 0 Å². The molecule has 88 valence electrons. The van der Waals surface area contributed by atoms with Gasteiger partial charge in [-0.2, -0.15) is 0 Å². The maximum Gasteiger partial charge on any atom is 0.126 e. The largest absolute Gasteiger partial charge is 0.490 e. The summed E-state index contributed by atoms with van der Waals surface area (Å²) in [5.74, 6) is 1.47. The second-order valence-electron chi connectivity index (χ2n) is 4.95. The number of benzene rings is 1. The molecule has 16 heavy (non-hydrogen) atoms. The molecule has 1 aromatic carbocycles. The minimum absolute atomic E-state index is 0.332. The molecule has 1 aromatic rings. The lowest BCUT2D eigenvalue weighted by Crippen LogP contribution is -2.22. The zero-order valence-corrected chi connectivity index (χ0v) is 10.4. The topological polar surface area (TPSA) is 35.2 Å². The van der Waals surface area contributed by atoms with Crippen molar-refractivity contribution >= 4 is 0 Å². The molecule has 2 heteroatoms. The van der Waals surface area contributed by atoms with Crippen LogP contribution in [-0.2, 0) is 6.42 Å². The fourth-order valence-corrected chi connectivity index (χ4v) is 2.32. The van der Waals surface area contributed by atoms with Crippen LogP contribution < -0.4 is 10.5 Å². The zero-order chi connectivity index (χ0) is 11.7. The second kappa shape index (κ2) is 4.46. The van der Waals surface area contributed by atoms with E-state index < -0.39 is 0 Å². The molecule has 0 fully saturated rings. The van der Waals surface area contributed by atoms with Crippen LogP contribution in [0.4, 0.5) is 0 Å². The van der Waals surface area contributed by atoms with Gasteiger partial charge < -0.3 is 10.5 Å². The SMILES string of the molecule is Cc1cc2c(c(C(C)CN)c1)OC(C)CC2. The van der Waals surface area contributed by atoms with Crippen LogP contribution in [0, 0.1) is 6.92 Å². The Labute approximate surface area is 97.8 Å². The molecule has 2 N–H and O–H groups in total. The summed E-state index contributed by atoms with van der Waals surface area (Å²) in [6, 6.07) is 4.46. The highest BCUT2D eigenvalue weighted by Gasteiger charge is 2.21. The van der Waals surface area contributed by atoms with Gasteiger partial charge in [0.05, 0.1) is 6.10 Å². The highest BCUT2D eigenvalue weighted by atomic mass is 16.5. The molecule has 0 amide bonds. The predicted molar refractivity (Wildman–Crippen MR) is 67.1 cm³/mol. The van der Waals surface area contributed by atoms with Crippen LogP contribution in [0.25, 0.3) is 0 Å². The van der Waals surface area contributed by atoms with Gasteiger partial charge in [0.15, 0.2) is 0 Å². The molecule has 0 spiro atoms. The van der Waals surface area contributed by atoms with Gasteiger partial charge in [0.1, 0.15) is 5.75 Å². The van der Waals surface area contributed by atoms with Crippen LogP contribution in [0.2, 0.25) is 0 Å². The van der Waals surface area contributed by atoms with Gasteiger partial charge >= 0.3 is 0 Å². The summed E-state index contributed by atoms with van der Waals surface area (Å²) in [5.41, 5.74) is 9.72. The van der Waals surface area contributed by atoms with E-state index in [0.717, 1.165) is 18.6 Å². The van der Waals surface area contributed by atoms with Crippen molar-refractivity contribution in [3.8, 4) is 5.75 Å². The van der Waals surface area contributed by atoms with E-state index in [1.807, 2.05) is 0 Å². The molecular weight excluding hydrogens is 198 g/mol. The summed E-state index contributed by atoms with van der Waals surface area (Å²) in [6.07, 6.45) is 2.58. The molecule has 2 atom stereocenters. The summed E-state index contributed by atoms with van der Waals surface area (Å²) < 4.78 is 5.99. The van der Waals surface area contributed by atoms with Crippen LogP contribution in [-0.4, -0.2) is 12.6 Å². The number of ether oxygens (including phenoxy) is 1. The van der Waals surface area contributed by atoms with E-state index in [2.05, 4.69) is 32.9 Å². The molecule has 1 heterocycles. The maximum atomic E-state index is 5.99. The molecule has 0 bridgehead atoms. The van der Waals surface area contributed by atoms with Crippen LogP contribution in [0.5, 0.6) is 5.75 Å². The highest BCUT2D eigenvalue weighted by Crippen LogP contribution is 2.36. The van der Waals surface area contributed by atoms with Crippen LogP contribution in [0.15, 0.2) is 12.1 Å². The molecule has 1 aliphatic heterocycles. The van der Waals surface area contributed by atoms with Gasteiger partial charge in [-0.1, -0.05) is 24.6 Å². The van der Waals surface area contributed by atoms with E-state index in [9.17, 15) is 0 Å². The lowest BCUT2D eigenvalue weighted by molar-refractivity contribution is 0.189. The summed E-state index contributed by atoms with van der Waals surface area (Å²) in [5, 5.41) is 0. The number of fused-ring (bicyclic) bond motifs is 1. The van der Waals surface area contributed by atoms with E-state index in [4.69, 9.17) is 10.5 Å². The van der Waals surface area contributed by atoms with Crippen LogP contribution in [0.3, 0.4) is 0 Å². The van der Waals surface area contributed by atoms with Crippen molar-refractivity contribution in [3.05, 3.63) is 28.8 Å². The monoisotopic (exact) mass is 219 g/mol. The summed E-state index contributed by atoms with van der Waals surface area (Å²) in [6.45, 7) is 7.12. The van der Waals surface area contributed by atoms with Gasteiger partial charge in [-0.3, -0.25) is 0 Å². The fraction of sp³-hybridized carbons (Fsp3) is 0.571. The summed E-state index contributed by atoms with van der Waals surface area (Å²) in [7, 11) is 0. The first-order valence-corrected chi connectivity index (χ1v) is 6.12. The fourth-order valence-electron chi connectivity index (χ4n) is 2.32. The third kappa shape index (κ3) is 2.07. The standard InChI is InChI=1S/C14H21NO/c1-9-6-12-5-4-11(3)16-14(12)13(7-9)10(2)8-15/h6-7,10-11H,4-5,8,15H2,1-3H3. The molecule has 2 nitrogen and oxygen atoms in total. The Hall–Kier alpha value is -1.02. The first-order valence-electron chi connectivity index (χ1n) is 6.12. The Morgan fingerprint density at radius 1 is 1.50 bits per heavy atom. The van der Waals surface area contributed by atoms with Crippen molar-refractivity contribution in [2.45, 2.75) is 45.6 Å². The lowest BCUT2D eigenvalue weighted by atomic mass is 9.91. The average molecular weight is 219 g/mol. The number of hydrogen-bond acceptors (Lipinski definition) is 2. The zero-order valence-electron chi connectivity index (χ0n) is 10.4. The maximum absolute atomic E-state index is 5.99. The lowest BCUT2D eigenvalue weighted by Gasteiger charge is -2.27. The quantitative estimate of drug-likeness (QED) is 0.830. The first-order chi connectivity index (χ1) is 7.61. The number of nitrogens with two attached hydrogens (primary N) is 1. The normalized spacial score (nSPS) is 21.1. The van der Waals surface area contributed by atoms with Crippen molar-refractivity contribution in [1.82, 2.24) is 0 Å². The minimum atomic E-state index is 0.332.